The van der Waals surface area contributed by atoms with Crippen molar-refractivity contribution in [3.8, 4) is 22.9 Å². The van der Waals surface area contributed by atoms with Crippen LogP contribution in [0.1, 0.15) is 43.4 Å². The topological polar surface area (TPSA) is 106 Å². The monoisotopic (exact) mass is 466 g/mol. The van der Waals surface area contributed by atoms with Crippen molar-refractivity contribution in [1.82, 2.24) is 20.5 Å². The summed E-state index contributed by atoms with van der Waals surface area (Å²) in [5.41, 5.74) is 1.11. The fourth-order valence-electron chi connectivity index (χ4n) is 3.98. The summed E-state index contributed by atoms with van der Waals surface area (Å²) in [6, 6.07) is 11.5. The molecule has 0 atom stereocenters. The van der Waals surface area contributed by atoms with Crippen molar-refractivity contribution in [2.24, 2.45) is 0 Å². The van der Waals surface area contributed by atoms with Crippen LogP contribution in [0.2, 0.25) is 0 Å². The molecule has 0 spiro atoms. The first-order valence-corrected chi connectivity index (χ1v) is 11.3. The van der Waals surface area contributed by atoms with Gasteiger partial charge in [0.1, 0.15) is 18.1 Å². The molecule has 1 fully saturated rings. The minimum absolute atomic E-state index is 0.0734. The number of aryl methyl sites for hydroxylation is 1. The van der Waals surface area contributed by atoms with Crippen LogP contribution >= 0.6 is 0 Å². The number of rotatable bonds is 9. The number of methoxy groups -OCH3 is 1. The zero-order valence-electron chi connectivity index (χ0n) is 19.0. The number of halogens is 1. The number of ether oxygens (including phenoxy) is 2. The first kappa shape index (κ1) is 23.4. The van der Waals surface area contributed by atoms with Gasteiger partial charge in [-0.05, 0) is 48.7 Å². The summed E-state index contributed by atoms with van der Waals surface area (Å²) >= 11 is 0. The lowest BCUT2D eigenvalue weighted by Crippen LogP contribution is -2.33. The summed E-state index contributed by atoms with van der Waals surface area (Å²) in [7, 11) is 1.50. The number of aromatic amines is 1. The van der Waals surface area contributed by atoms with Gasteiger partial charge >= 0.3 is 0 Å². The van der Waals surface area contributed by atoms with E-state index < -0.39 is 0 Å². The Hall–Kier alpha value is -3.75. The van der Waals surface area contributed by atoms with Crippen LogP contribution in [0.4, 0.5) is 4.39 Å². The van der Waals surface area contributed by atoms with Crippen molar-refractivity contribution in [3.05, 3.63) is 69.9 Å². The van der Waals surface area contributed by atoms with E-state index in [9.17, 15) is 14.0 Å². The number of amides is 1. The van der Waals surface area contributed by atoms with Crippen LogP contribution in [0.5, 0.6) is 11.5 Å². The van der Waals surface area contributed by atoms with Crippen molar-refractivity contribution in [2.45, 2.75) is 51.2 Å². The van der Waals surface area contributed by atoms with Gasteiger partial charge in [-0.25, -0.2) is 4.39 Å². The molecule has 0 unspecified atom stereocenters. The number of nitrogens with zero attached hydrogens (tertiary/aromatic N) is 2. The molecule has 0 bridgehead atoms. The van der Waals surface area contributed by atoms with Crippen molar-refractivity contribution < 1.29 is 18.7 Å². The van der Waals surface area contributed by atoms with Gasteiger partial charge in [-0.3, -0.25) is 9.59 Å². The highest BCUT2D eigenvalue weighted by Crippen LogP contribution is 2.31. The van der Waals surface area contributed by atoms with Gasteiger partial charge in [0.25, 0.3) is 5.56 Å². The summed E-state index contributed by atoms with van der Waals surface area (Å²) in [6.45, 7) is 0.174. The first-order valence-electron chi connectivity index (χ1n) is 11.3. The average molecular weight is 467 g/mol. The van der Waals surface area contributed by atoms with Gasteiger partial charge in [0.05, 0.1) is 7.11 Å². The number of nitrogens with one attached hydrogen (secondary N) is 2. The van der Waals surface area contributed by atoms with Crippen molar-refractivity contribution in [2.75, 3.05) is 7.11 Å². The highest BCUT2D eigenvalue weighted by Gasteiger charge is 2.18. The molecule has 178 valence electrons. The third-order valence-electron chi connectivity index (χ3n) is 5.79. The third-order valence-corrected chi connectivity index (χ3v) is 5.79. The molecular formula is C25H27FN4O4. The maximum atomic E-state index is 13.4. The molecule has 1 amide bonds. The average Bonchev–Trinajstić information content (AvgIpc) is 3.35. The summed E-state index contributed by atoms with van der Waals surface area (Å²) < 4.78 is 24.5. The van der Waals surface area contributed by atoms with Gasteiger partial charge in [-0.15, -0.1) is 10.2 Å². The quantitative estimate of drug-likeness (QED) is 0.500. The maximum absolute atomic E-state index is 13.4. The number of carbonyl (C=O) groups excluding carboxylic acids is 1. The number of hydrogen-bond acceptors (Lipinski definition) is 6. The van der Waals surface area contributed by atoms with Crippen LogP contribution in [0.15, 0.2) is 47.3 Å². The predicted molar refractivity (Wildman–Crippen MR) is 124 cm³/mol. The molecule has 1 saturated carbocycles. The fraction of sp³-hybridized carbons (Fsp3) is 0.360. The minimum atomic E-state index is -0.385. The lowest BCUT2D eigenvalue weighted by atomic mass is 10.1. The summed E-state index contributed by atoms with van der Waals surface area (Å²) in [6.07, 6.45) is 4.72. The van der Waals surface area contributed by atoms with Crippen molar-refractivity contribution in [3.63, 3.8) is 0 Å². The van der Waals surface area contributed by atoms with Crippen LogP contribution in [-0.2, 0) is 17.8 Å². The van der Waals surface area contributed by atoms with Crippen LogP contribution < -0.4 is 20.3 Å². The summed E-state index contributed by atoms with van der Waals surface area (Å²) in [5, 5.41) is 11.2. The number of aromatic nitrogens is 3. The standard InChI is InChI=1S/C25H27FN4O4/c1-33-22-14-17(9-11-21(22)34-15-16-5-4-6-18(26)13-16)24-28-25(32)20(29-30-24)10-12-23(31)27-19-7-2-3-8-19/h4-6,9,11,13-14,19H,2-3,7-8,10,12,15H2,1H3,(H,27,31)(H,28,30,32). The molecule has 1 aliphatic carbocycles. The Labute approximate surface area is 196 Å². The zero-order chi connectivity index (χ0) is 23.9. The molecular weight excluding hydrogens is 439 g/mol. The van der Waals surface area contributed by atoms with E-state index in [-0.39, 0.29) is 54.3 Å². The van der Waals surface area contributed by atoms with Gasteiger partial charge < -0.3 is 19.8 Å². The van der Waals surface area contributed by atoms with Crippen LogP contribution in [0.25, 0.3) is 11.4 Å². The zero-order valence-corrected chi connectivity index (χ0v) is 19.0. The second-order valence-corrected chi connectivity index (χ2v) is 8.28. The van der Waals surface area contributed by atoms with Crippen LogP contribution in [0, 0.1) is 5.82 Å². The molecule has 1 aliphatic rings. The van der Waals surface area contributed by atoms with E-state index in [1.165, 1.54) is 19.2 Å². The summed E-state index contributed by atoms with van der Waals surface area (Å²) in [4.78, 5) is 27.3. The Bertz CT molecular complexity index is 1210. The highest BCUT2D eigenvalue weighted by molar-refractivity contribution is 5.76. The van der Waals surface area contributed by atoms with Gasteiger partial charge in [0.2, 0.25) is 5.91 Å². The minimum Gasteiger partial charge on any atom is -0.493 e. The molecule has 0 radical (unpaired) electrons. The molecule has 2 N–H and O–H groups in total. The summed E-state index contributed by atoms with van der Waals surface area (Å²) in [5.74, 6) is 0.777. The fourth-order valence-corrected chi connectivity index (χ4v) is 3.98. The largest absolute Gasteiger partial charge is 0.493 e. The Morgan fingerprint density at radius 2 is 1.97 bits per heavy atom. The highest BCUT2D eigenvalue weighted by atomic mass is 19.1. The maximum Gasteiger partial charge on any atom is 0.273 e. The number of hydrogen-bond donors (Lipinski definition) is 2. The van der Waals surface area contributed by atoms with E-state index in [0.29, 0.717) is 22.6 Å². The third kappa shape index (κ3) is 5.98. The predicted octanol–water partition coefficient (Wildman–Crippen LogP) is 3.55. The Balaban J connectivity index is 1.40. The molecule has 3 aromatic rings. The Morgan fingerprint density at radius 1 is 1.15 bits per heavy atom. The van der Waals surface area contributed by atoms with E-state index in [0.717, 1.165) is 25.7 Å². The van der Waals surface area contributed by atoms with Gasteiger partial charge in [-0.1, -0.05) is 25.0 Å². The lowest BCUT2D eigenvalue weighted by Gasteiger charge is -2.12. The molecule has 0 aliphatic heterocycles. The molecule has 1 heterocycles. The smallest absolute Gasteiger partial charge is 0.273 e. The second kappa shape index (κ2) is 10.9. The van der Waals surface area contributed by atoms with Gasteiger partial charge in [0.15, 0.2) is 17.3 Å². The molecule has 0 saturated heterocycles. The van der Waals surface area contributed by atoms with Gasteiger partial charge in [-0.2, -0.15) is 0 Å². The van der Waals surface area contributed by atoms with Crippen molar-refractivity contribution in [1.29, 1.82) is 0 Å². The van der Waals surface area contributed by atoms with Crippen LogP contribution in [-0.4, -0.2) is 34.2 Å². The number of benzene rings is 2. The SMILES string of the molecule is COc1cc(-c2nnc(CCC(=O)NC3CCCC3)c(=O)[nH]2)ccc1OCc1cccc(F)c1. The second-order valence-electron chi connectivity index (χ2n) is 8.28. The lowest BCUT2D eigenvalue weighted by molar-refractivity contribution is -0.121. The van der Waals surface area contributed by atoms with Gasteiger partial charge in [0, 0.05) is 24.4 Å². The normalized spacial score (nSPS) is 13.6. The Kier molecular flexibility index (Phi) is 7.51. The number of carbonyl (C=O) groups is 1. The first-order chi connectivity index (χ1) is 16.5. The molecule has 34 heavy (non-hydrogen) atoms. The van der Waals surface area contributed by atoms with E-state index in [4.69, 9.17) is 9.47 Å². The van der Waals surface area contributed by atoms with E-state index >= 15 is 0 Å². The number of H-pyrrole nitrogens is 1. The molecule has 8 nitrogen and oxygen atoms in total. The Morgan fingerprint density at radius 3 is 2.71 bits per heavy atom. The van der Waals surface area contributed by atoms with Crippen LogP contribution in [0.3, 0.4) is 0 Å². The van der Waals surface area contributed by atoms with E-state index in [1.54, 1.807) is 30.3 Å². The molecule has 4 rings (SSSR count). The molecule has 2 aromatic carbocycles. The van der Waals surface area contributed by atoms with E-state index in [2.05, 4.69) is 20.5 Å². The van der Waals surface area contributed by atoms with E-state index in [1.807, 2.05) is 0 Å². The van der Waals surface area contributed by atoms with Crippen molar-refractivity contribution >= 4 is 5.91 Å². The molecule has 9 heteroatoms. The molecule has 1 aromatic heterocycles.